The van der Waals surface area contributed by atoms with Crippen molar-refractivity contribution >= 4 is 17.8 Å². The van der Waals surface area contributed by atoms with Crippen LogP contribution >= 0.6 is 0 Å². The predicted molar refractivity (Wildman–Crippen MR) is 117 cm³/mol. The molecule has 0 saturated carbocycles. The molecule has 0 radical (unpaired) electrons. The van der Waals surface area contributed by atoms with Crippen molar-refractivity contribution in [2.24, 2.45) is 0 Å². The molecule has 0 saturated heterocycles. The van der Waals surface area contributed by atoms with Crippen molar-refractivity contribution in [3.63, 3.8) is 0 Å². The van der Waals surface area contributed by atoms with Gasteiger partial charge >= 0.3 is 5.97 Å². The number of carbonyl (C=O) groups excluding carboxylic acids is 2. The summed E-state index contributed by atoms with van der Waals surface area (Å²) in [5, 5.41) is 0. The van der Waals surface area contributed by atoms with E-state index in [-0.39, 0.29) is 12.4 Å². The third-order valence-corrected chi connectivity index (χ3v) is 4.91. The van der Waals surface area contributed by atoms with Crippen LogP contribution in [0.3, 0.4) is 0 Å². The maximum atomic E-state index is 12.6. The van der Waals surface area contributed by atoms with Crippen LogP contribution in [0.15, 0.2) is 66.7 Å². The minimum absolute atomic E-state index is 0.217. The van der Waals surface area contributed by atoms with Gasteiger partial charge in [0.1, 0.15) is 5.75 Å². The maximum absolute atomic E-state index is 12.6. The number of methoxy groups -OCH3 is 1. The molecule has 0 amide bonds. The number of aromatic nitrogens is 1. The Morgan fingerprint density at radius 1 is 1.00 bits per heavy atom. The molecule has 0 unspecified atom stereocenters. The topological polar surface area (TPSA) is 57.5 Å². The van der Waals surface area contributed by atoms with Crippen LogP contribution < -0.4 is 4.74 Å². The molecule has 5 nitrogen and oxygen atoms in total. The van der Waals surface area contributed by atoms with Crippen LogP contribution in [0.4, 0.5) is 0 Å². The van der Waals surface area contributed by atoms with Gasteiger partial charge in [-0.2, -0.15) is 0 Å². The molecule has 1 heterocycles. The second kappa shape index (κ2) is 9.74. The summed E-state index contributed by atoms with van der Waals surface area (Å²) in [6, 6.07) is 19.2. The first-order chi connectivity index (χ1) is 14.5. The molecule has 30 heavy (non-hydrogen) atoms. The lowest BCUT2D eigenvalue weighted by molar-refractivity contribution is -0.136. The fourth-order valence-corrected chi connectivity index (χ4v) is 3.26. The summed E-state index contributed by atoms with van der Waals surface area (Å²) in [5.74, 6) is -0.0821. The third-order valence-electron chi connectivity index (χ3n) is 4.91. The molecule has 0 aliphatic carbocycles. The molecule has 5 heteroatoms. The van der Waals surface area contributed by atoms with Crippen LogP contribution in [0.2, 0.25) is 0 Å². The zero-order valence-electron chi connectivity index (χ0n) is 17.4. The van der Waals surface area contributed by atoms with Crippen LogP contribution in [0.5, 0.6) is 5.75 Å². The largest absolute Gasteiger partial charge is 0.497 e. The molecule has 3 aromatic rings. The number of Topliss-reactive ketones (excluding diaryl/α,β-unsaturated/α-hetero) is 1. The van der Waals surface area contributed by atoms with E-state index in [1.54, 1.807) is 19.3 Å². The van der Waals surface area contributed by atoms with Crippen molar-refractivity contribution in [3.8, 4) is 5.75 Å². The Bertz CT molecular complexity index is 1060. The van der Waals surface area contributed by atoms with Gasteiger partial charge in [0.2, 0.25) is 5.78 Å². The van der Waals surface area contributed by atoms with Crippen LogP contribution in [0.25, 0.3) is 6.08 Å². The van der Waals surface area contributed by atoms with Crippen LogP contribution in [-0.4, -0.2) is 30.0 Å². The Kier molecular flexibility index (Phi) is 6.86. The number of hydrogen-bond donors (Lipinski definition) is 0. The maximum Gasteiger partial charge on any atom is 0.331 e. The SMILES string of the molecule is COc1cccc(/C=C/C(=O)OCC(=O)c2cc(C)n(Cc3ccccc3)c2C)c1. The summed E-state index contributed by atoms with van der Waals surface area (Å²) in [4.78, 5) is 24.6. The van der Waals surface area contributed by atoms with E-state index < -0.39 is 5.97 Å². The van der Waals surface area contributed by atoms with Gasteiger partial charge in [-0.05, 0) is 49.2 Å². The third kappa shape index (κ3) is 5.26. The standard InChI is InChI=1S/C25H25NO4/c1-18-14-23(19(2)26(18)16-21-8-5-4-6-9-21)24(27)17-30-25(28)13-12-20-10-7-11-22(15-20)29-3/h4-15H,16-17H2,1-3H3/b13-12+. The van der Waals surface area contributed by atoms with Crippen molar-refractivity contribution < 1.29 is 19.1 Å². The van der Waals surface area contributed by atoms with Crippen LogP contribution in [-0.2, 0) is 16.1 Å². The minimum atomic E-state index is -0.565. The lowest BCUT2D eigenvalue weighted by Crippen LogP contribution is -2.13. The highest BCUT2D eigenvalue weighted by Crippen LogP contribution is 2.18. The summed E-state index contributed by atoms with van der Waals surface area (Å²) >= 11 is 0. The minimum Gasteiger partial charge on any atom is -0.497 e. The van der Waals surface area contributed by atoms with Crippen molar-refractivity contribution in [2.75, 3.05) is 13.7 Å². The van der Waals surface area contributed by atoms with Crippen molar-refractivity contribution in [2.45, 2.75) is 20.4 Å². The van der Waals surface area contributed by atoms with E-state index in [9.17, 15) is 9.59 Å². The molecule has 2 aromatic carbocycles. The van der Waals surface area contributed by atoms with Gasteiger partial charge in [0, 0.05) is 29.6 Å². The second-order valence-electron chi connectivity index (χ2n) is 7.00. The van der Waals surface area contributed by atoms with E-state index in [0.29, 0.717) is 17.9 Å². The molecule has 0 spiro atoms. The zero-order valence-corrected chi connectivity index (χ0v) is 17.4. The number of ether oxygens (including phenoxy) is 2. The first-order valence-corrected chi connectivity index (χ1v) is 9.70. The van der Waals surface area contributed by atoms with Gasteiger partial charge in [-0.25, -0.2) is 4.79 Å². The first-order valence-electron chi connectivity index (χ1n) is 9.70. The Morgan fingerprint density at radius 3 is 2.50 bits per heavy atom. The summed E-state index contributed by atoms with van der Waals surface area (Å²) in [6.07, 6.45) is 2.93. The number of aryl methyl sites for hydroxylation is 1. The van der Waals surface area contributed by atoms with Gasteiger partial charge in [0.05, 0.1) is 7.11 Å². The smallest absolute Gasteiger partial charge is 0.331 e. The molecule has 0 bridgehead atoms. The molecule has 0 aliphatic heterocycles. The second-order valence-corrected chi connectivity index (χ2v) is 7.00. The number of nitrogens with zero attached hydrogens (tertiary/aromatic N) is 1. The number of ketones is 1. The van der Waals surface area contributed by atoms with Gasteiger partial charge < -0.3 is 14.0 Å². The predicted octanol–water partition coefficient (Wildman–Crippen LogP) is 4.60. The highest BCUT2D eigenvalue weighted by Gasteiger charge is 2.17. The number of rotatable bonds is 8. The first kappa shape index (κ1) is 21.1. The fourth-order valence-electron chi connectivity index (χ4n) is 3.26. The van der Waals surface area contributed by atoms with Crippen molar-refractivity contribution in [3.05, 3.63) is 94.8 Å². The summed E-state index contributed by atoms with van der Waals surface area (Å²) in [7, 11) is 1.58. The van der Waals surface area contributed by atoms with E-state index in [0.717, 1.165) is 22.5 Å². The average Bonchev–Trinajstić information content (AvgIpc) is 3.05. The van der Waals surface area contributed by atoms with E-state index in [2.05, 4.69) is 16.7 Å². The van der Waals surface area contributed by atoms with Gasteiger partial charge in [-0.1, -0.05) is 42.5 Å². The van der Waals surface area contributed by atoms with Crippen LogP contribution in [0, 0.1) is 13.8 Å². The Labute approximate surface area is 176 Å². The number of hydrogen-bond acceptors (Lipinski definition) is 4. The van der Waals surface area contributed by atoms with Gasteiger partial charge in [0.25, 0.3) is 0 Å². The fraction of sp³-hybridized carbons (Fsp3) is 0.200. The van der Waals surface area contributed by atoms with Crippen molar-refractivity contribution in [1.29, 1.82) is 0 Å². The van der Waals surface area contributed by atoms with E-state index in [1.807, 2.05) is 56.3 Å². The molecule has 154 valence electrons. The summed E-state index contributed by atoms with van der Waals surface area (Å²) in [5.41, 5.74) is 4.40. The van der Waals surface area contributed by atoms with E-state index >= 15 is 0 Å². The monoisotopic (exact) mass is 403 g/mol. The quantitative estimate of drug-likeness (QED) is 0.313. The summed E-state index contributed by atoms with van der Waals surface area (Å²) in [6.45, 7) is 4.27. The Morgan fingerprint density at radius 2 is 1.77 bits per heavy atom. The molecule has 0 aliphatic rings. The van der Waals surface area contributed by atoms with Gasteiger partial charge in [-0.15, -0.1) is 0 Å². The van der Waals surface area contributed by atoms with Gasteiger partial charge in [-0.3, -0.25) is 4.79 Å². The summed E-state index contributed by atoms with van der Waals surface area (Å²) < 4.78 is 12.4. The van der Waals surface area contributed by atoms with Crippen molar-refractivity contribution in [1.82, 2.24) is 4.57 Å². The lowest BCUT2D eigenvalue weighted by Gasteiger charge is -2.10. The molecular weight excluding hydrogens is 378 g/mol. The highest BCUT2D eigenvalue weighted by atomic mass is 16.5. The van der Waals surface area contributed by atoms with E-state index in [1.165, 1.54) is 6.08 Å². The highest BCUT2D eigenvalue weighted by molar-refractivity contribution is 6.00. The zero-order chi connectivity index (χ0) is 21.5. The number of esters is 1. The van der Waals surface area contributed by atoms with Gasteiger partial charge in [0.15, 0.2) is 6.61 Å². The lowest BCUT2D eigenvalue weighted by atomic mass is 10.1. The molecule has 0 fully saturated rings. The Balaban J connectivity index is 1.61. The molecular formula is C25H25NO4. The molecule has 0 atom stereocenters. The molecule has 0 N–H and O–H groups in total. The average molecular weight is 403 g/mol. The normalized spacial score (nSPS) is 10.9. The molecule has 1 aromatic heterocycles. The Hall–Kier alpha value is -3.60. The number of benzene rings is 2. The van der Waals surface area contributed by atoms with E-state index in [4.69, 9.17) is 9.47 Å². The molecule has 3 rings (SSSR count). The van der Waals surface area contributed by atoms with Crippen LogP contribution in [0.1, 0.15) is 32.9 Å². The number of carbonyl (C=O) groups is 2.